The number of carbonyl (C=O) groups is 1. The second-order valence-corrected chi connectivity index (χ2v) is 6.43. The van der Waals surface area contributed by atoms with Gasteiger partial charge in [0.1, 0.15) is 31.3 Å². The van der Waals surface area contributed by atoms with Crippen molar-refractivity contribution in [3.05, 3.63) is 53.6 Å². The van der Waals surface area contributed by atoms with Crippen LogP contribution in [-0.4, -0.2) is 37.4 Å². The molecule has 1 atom stereocenters. The van der Waals surface area contributed by atoms with Gasteiger partial charge in [-0.15, -0.1) is 6.42 Å². The molecular formula is C22H24N2O4. The maximum Gasteiger partial charge on any atom is 0.250 e. The predicted octanol–water partition coefficient (Wildman–Crippen LogP) is 2.29. The maximum absolute atomic E-state index is 11.2. The molecule has 0 saturated heterocycles. The van der Waals surface area contributed by atoms with Gasteiger partial charge in [-0.3, -0.25) is 10.1 Å². The average molecular weight is 380 g/mol. The molecule has 2 aromatic rings. The summed E-state index contributed by atoms with van der Waals surface area (Å²) in [6.45, 7) is 0.784. The Bertz CT molecular complexity index is 860. The third-order valence-corrected chi connectivity index (χ3v) is 4.55. The standard InChI is InChI=1S/C22H24N2O4/c1-2-11-23-20-10-9-19-18(20)7-4-8-21(19)28-13-12-27-17-6-3-5-16(14-17)24-22(26)15-25/h1,3-8,14,20,23,25H,9-13,15H2,(H,24,26). The maximum atomic E-state index is 11.2. The lowest BCUT2D eigenvalue weighted by Crippen LogP contribution is -2.19. The van der Waals surface area contributed by atoms with E-state index in [0.717, 1.165) is 18.6 Å². The fourth-order valence-corrected chi connectivity index (χ4v) is 3.33. The van der Waals surface area contributed by atoms with Crippen LogP contribution in [0.2, 0.25) is 0 Å². The summed E-state index contributed by atoms with van der Waals surface area (Å²) < 4.78 is 11.6. The molecule has 2 aromatic carbocycles. The quantitative estimate of drug-likeness (QED) is 0.459. The molecule has 146 valence electrons. The Labute approximate surface area is 164 Å². The second-order valence-electron chi connectivity index (χ2n) is 6.43. The van der Waals surface area contributed by atoms with Crippen LogP contribution < -0.4 is 20.1 Å². The first-order chi connectivity index (χ1) is 13.7. The zero-order valence-electron chi connectivity index (χ0n) is 15.6. The molecule has 6 nitrogen and oxygen atoms in total. The number of fused-ring (bicyclic) bond motifs is 1. The minimum absolute atomic E-state index is 0.280. The summed E-state index contributed by atoms with van der Waals surface area (Å²) in [4.78, 5) is 11.2. The van der Waals surface area contributed by atoms with Gasteiger partial charge >= 0.3 is 0 Å². The molecule has 0 bridgehead atoms. The molecule has 1 unspecified atom stereocenters. The zero-order valence-corrected chi connectivity index (χ0v) is 15.6. The molecular weight excluding hydrogens is 356 g/mol. The summed E-state index contributed by atoms with van der Waals surface area (Å²) >= 11 is 0. The number of terminal acetylenes is 1. The van der Waals surface area contributed by atoms with Crippen LogP contribution >= 0.6 is 0 Å². The van der Waals surface area contributed by atoms with Gasteiger partial charge in [0.15, 0.2) is 0 Å². The van der Waals surface area contributed by atoms with E-state index in [0.29, 0.717) is 31.2 Å². The number of hydrogen-bond donors (Lipinski definition) is 3. The van der Waals surface area contributed by atoms with E-state index < -0.39 is 12.5 Å². The average Bonchev–Trinajstić information content (AvgIpc) is 3.13. The van der Waals surface area contributed by atoms with Crippen LogP contribution in [0.4, 0.5) is 5.69 Å². The Hall–Kier alpha value is -3.01. The molecule has 0 spiro atoms. The van der Waals surface area contributed by atoms with Gasteiger partial charge < -0.3 is 19.9 Å². The molecule has 1 aliphatic carbocycles. The minimum Gasteiger partial charge on any atom is -0.490 e. The molecule has 3 N–H and O–H groups in total. The van der Waals surface area contributed by atoms with Crippen molar-refractivity contribution in [3.63, 3.8) is 0 Å². The van der Waals surface area contributed by atoms with Crippen molar-refractivity contribution in [1.29, 1.82) is 0 Å². The van der Waals surface area contributed by atoms with Crippen LogP contribution in [0, 0.1) is 12.3 Å². The monoisotopic (exact) mass is 380 g/mol. The second kappa shape index (κ2) is 9.79. The number of aliphatic hydroxyl groups is 1. The molecule has 0 heterocycles. The first-order valence-electron chi connectivity index (χ1n) is 9.26. The number of ether oxygens (including phenoxy) is 2. The van der Waals surface area contributed by atoms with Crippen LogP contribution in [0.15, 0.2) is 42.5 Å². The van der Waals surface area contributed by atoms with E-state index in [1.165, 1.54) is 11.1 Å². The van der Waals surface area contributed by atoms with Gasteiger partial charge in [0.2, 0.25) is 5.91 Å². The molecule has 1 amide bonds. The van der Waals surface area contributed by atoms with Crippen LogP contribution in [0.25, 0.3) is 0 Å². The minimum atomic E-state index is -0.556. The van der Waals surface area contributed by atoms with Gasteiger partial charge in [-0.2, -0.15) is 0 Å². The number of anilines is 1. The van der Waals surface area contributed by atoms with Crippen LogP contribution in [0.3, 0.4) is 0 Å². The van der Waals surface area contributed by atoms with E-state index in [1.54, 1.807) is 24.3 Å². The molecule has 28 heavy (non-hydrogen) atoms. The molecule has 6 heteroatoms. The van der Waals surface area contributed by atoms with Crippen LogP contribution in [0.5, 0.6) is 11.5 Å². The summed E-state index contributed by atoms with van der Waals surface area (Å²) in [5.41, 5.74) is 3.05. The van der Waals surface area contributed by atoms with E-state index in [-0.39, 0.29) is 6.04 Å². The Morgan fingerprint density at radius 3 is 2.86 bits per heavy atom. The smallest absolute Gasteiger partial charge is 0.250 e. The number of carbonyl (C=O) groups excluding carboxylic acids is 1. The lowest BCUT2D eigenvalue weighted by molar-refractivity contribution is -0.118. The highest BCUT2D eigenvalue weighted by molar-refractivity contribution is 5.91. The van der Waals surface area contributed by atoms with E-state index in [4.69, 9.17) is 21.0 Å². The Kier molecular flexibility index (Phi) is 6.90. The van der Waals surface area contributed by atoms with Crippen molar-refractivity contribution in [2.24, 2.45) is 0 Å². The normalized spacial score (nSPS) is 14.8. The number of amides is 1. The third kappa shape index (κ3) is 5.03. The Morgan fingerprint density at radius 1 is 1.21 bits per heavy atom. The molecule has 3 rings (SSSR count). The SMILES string of the molecule is C#CCNC1CCc2c(OCCOc3cccc(NC(=O)CO)c3)cccc21. The summed E-state index contributed by atoms with van der Waals surface area (Å²) in [6.07, 6.45) is 7.32. The van der Waals surface area contributed by atoms with Gasteiger partial charge in [0, 0.05) is 17.8 Å². The lowest BCUT2D eigenvalue weighted by Gasteiger charge is -2.14. The van der Waals surface area contributed by atoms with Gasteiger partial charge in [-0.25, -0.2) is 0 Å². The Morgan fingerprint density at radius 2 is 2.04 bits per heavy atom. The summed E-state index contributed by atoms with van der Waals surface area (Å²) in [5, 5.41) is 14.7. The Balaban J connectivity index is 1.51. The fraction of sp³-hybridized carbons (Fsp3) is 0.318. The fourth-order valence-electron chi connectivity index (χ4n) is 3.33. The van der Waals surface area contributed by atoms with E-state index >= 15 is 0 Å². The topological polar surface area (TPSA) is 79.8 Å². The first-order valence-corrected chi connectivity index (χ1v) is 9.26. The molecule has 0 fully saturated rings. The summed E-state index contributed by atoms with van der Waals surface area (Å²) in [5.74, 6) is 3.66. The van der Waals surface area contributed by atoms with Crippen LogP contribution in [0.1, 0.15) is 23.6 Å². The predicted molar refractivity (Wildman–Crippen MR) is 107 cm³/mol. The van der Waals surface area contributed by atoms with Crippen molar-refractivity contribution < 1.29 is 19.4 Å². The van der Waals surface area contributed by atoms with E-state index in [1.807, 2.05) is 12.1 Å². The molecule has 1 aliphatic rings. The van der Waals surface area contributed by atoms with Crippen molar-refractivity contribution in [2.45, 2.75) is 18.9 Å². The van der Waals surface area contributed by atoms with Crippen molar-refractivity contribution in [3.8, 4) is 23.8 Å². The largest absolute Gasteiger partial charge is 0.490 e. The van der Waals surface area contributed by atoms with Gasteiger partial charge in [-0.05, 0) is 42.2 Å². The number of benzene rings is 2. The van der Waals surface area contributed by atoms with Crippen LogP contribution in [-0.2, 0) is 11.2 Å². The van der Waals surface area contributed by atoms with E-state index in [9.17, 15) is 4.79 Å². The summed E-state index contributed by atoms with van der Waals surface area (Å²) in [7, 11) is 0. The van der Waals surface area contributed by atoms with Crippen molar-refractivity contribution in [1.82, 2.24) is 5.32 Å². The number of aliphatic hydroxyl groups excluding tert-OH is 1. The molecule has 0 saturated carbocycles. The molecule has 0 aromatic heterocycles. The molecule has 0 aliphatic heterocycles. The number of hydrogen-bond acceptors (Lipinski definition) is 5. The first kappa shape index (κ1) is 19.7. The van der Waals surface area contributed by atoms with Crippen molar-refractivity contribution >= 4 is 11.6 Å². The number of rotatable bonds is 9. The summed E-state index contributed by atoms with van der Waals surface area (Å²) in [6, 6.07) is 13.4. The van der Waals surface area contributed by atoms with E-state index in [2.05, 4.69) is 22.6 Å². The van der Waals surface area contributed by atoms with Gasteiger partial charge in [0.25, 0.3) is 0 Å². The lowest BCUT2D eigenvalue weighted by atomic mass is 10.1. The van der Waals surface area contributed by atoms with Gasteiger partial charge in [-0.1, -0.05) is 24.1 Å². The highest BCUT2D eigenvalue weighted by Crippen LogP contribution is 2.36. The van der Waals surface area contributed by atoms with Gasteiger partial charge in [0.05, 0.1) is 6.54 Å². The highest BCUT2D eigenvalue weighted by Gasteiger charge is 2.24. The zero-order chi connectivity index (χ0) is 19.8. The third-order valence-electron chi connectivity index (χ3n) is 4.55. The van der Waals surface area contributed by atoms with Crippen molar-refractivity contribution in [2.75, 3.05) is 31.7 Å². The highest BCUT2D eigenvalue weighted by atomic mass is 16.5. The number of nitrogens with one attached hydrogen (secondary N) is 2. The molecule has 0 radical (unpaired) electrons.